The van der Waals surface area contributed by atoms with E-state index >= 15 is 0 Å². The number of benzene rings is 2. The number of nitrogens with one attached hydrogen (secondary N) is 1. The fraction of sp³-hybridized carbons (Fsp3) is 0.222. The highest BCUT2D eigenvalue weighted by Gasteiger charge is 2.16. The molecule has 0 unspecified atom stereocenters. The summed E-state index contributed by atoms with van der Waals surface area (Å²) in [7, 11) is 0. The number of nitrogens with zero attached hydrogens (tertiary/aromatic N) is 2. The van der Waals surface area contributed by atoms with Crippen LogP contribution >= 0.6 is 11.6 Å². The van der Waals surface area contributed by atoms with Gasteiger partial charge in [-0.15, -0.1) is 0 Å². The van der Waals surface area contributed by atoms with Crippen LogP contribution in [0.3, 0.4) is 0 Å². The number of hydrogen-bond donors (Lipinski definition) is 1. The highest BCUT2D eigenvalue weighted by atomic mass is 35.5. The molecule has 136 valence electrons. The SMILES string of the molecule is CCN(Cc1ccccc1Cl)C(=O)CNC(=O)c1cccc([N+](=O)[O-])c1. The number of nitro benzene ring substituents is 1. The average molecular weight is 376 g/mol. The van der Waals surface area contributed by atoms with Gasteiger partial charge in [-0.25, -0.2) is 0 Å². The smallest absolute Gasteiger partial charge is 0.270 e. The fourth-order valence-corrected chi connectivity index (χ4v) is 2.53. The van der Waals surface area contributed by atoms with Gasteiger partial charge in [0.05, 0.1) is 11.5 Å². The van der Waals surface area contributed by atoms with Crippen molar-refractivity contribution in [3.63, 3.8) is 0 Å². The molecule has 2 amide bonds. The van der Waals surface area contributed by atoms with Crippen LogP contribution in [0.4, 0.5) is 5.69 Å². The summed E-state index contributed by atoms with van der Waals surface area (Å²) < 4.78 is 0. The minimum Gasteiger partial charge on any atom is -0.343 e. The monoisotopic (exact) mass is 375 g/mol. The molecule has 8 heteroatoms. The molecule has 1 N–H and O–H groups in total. The summed E-state index contributed by atoms with van der Waals surface area (Å²) in [5.41, 5.74) is 0.758. The van der Waals surface area contributed by atoms with Crippen molar-refractivity contribution in [3.8, 4) is 0 Å². The van der Waals surface area contributed by atoms with Crippen LogP contribution < -0.4 is 5.32 Å². The number of carbonyl (C=O) groups excluding carboxylic acids is 2. The molecule has 0 radical (unpaired) electrons. The van der Waals surface area contributed by atoms with Crippen molar-refractivity contribution in [1.29, 1.82) is 0 Å². The Labute approximate surface area is 155 Å². The van der Waals surface area contributed by atoms with Crippen LogP contribution in [0.1, 0.15) is 22.8 Å². The first kappa shape index (κ1) is 19.4. The normalized spacial score (nSPS) is 10.2. The summed E-state index contributed by atoms with van der Waals surface area (Å²) in [6.45, 7) is 2.41. The molecule has 2 aromatic carbocycles. The van der Waals surface area contributed by atoms with Crippen molar-refractivity contribution in [2.75, 3.05) is 13.1 Å². The number of likely N-dealkylation sites (N-methyl/N-ethyl adjacent to an activating group) is 1. The van der Waals surface area contributed by atoms with E-state index in [0.717, 1.165) is 5.56 Å². The third-order valence-corrected chi connectivity index (χ3v) is 4.14. The fourth-order valence-electron chi connectivity index (χ4n) is 2.34. The number of carbonyl (C=O) groups is 2. The number of nitro groups is 1. The standard InChI is InChI=1S/C18H18ClN3O4/c1-2-21(12-14-6-3-4-9-16(14)19)17(23)11-20-18(24)13-7-5-8-15(10-13)22(25)26/h3-10H,2,11-12H2,1H3,(H,20,24). The molecule has 0 aliphatic carbocycles. The van der Waals surface area contributed by atoms with Crippen LogP contribution in [0.15, 0.2) is 48.5 Å². The maximum absolute atomic E-state index is 12.4. The van der Waals surface area contributed by atoms with Crippen LogP contribution in [0, 0.1) is 10.1 Å². The van der Waals surface area contributed by atoms with Gasteiger partial charge in [0.15, 0.2) is 0 Å². The lowest BCUT2D eigenvalue weighted by atomic mass is 10.2. The Hall–Kier alpha value is -2.93. The molecule has 0 fully saturated rings. The van der Waals surface area contributed by atoms with Gasteiger partial charge in [0.25, 0.3) is 11.6 Å². The summed E-state index contributed by atoms with van der Waals surface area (Å²) in [6.07, 6.45) is 0. The molecule has 2 rings (SSSR count). The van der Waals surface area contributed by atoms with Gasteiger partial charge in [0.2, 0.25) is 5.91 Å². The van der Waals surface area contributed by atoms with E-state index in [-0.39, 0.29) is 23.7 Å². The van der Waals surface area contributed by atoms with Crippen molar-refractivity contribution in [2.45, 2.75) is 13.5 Å². The van der Waals surface area contributed by atoms with Gasteiger partial charge in [0.1, 0.15) is 0 Å². The van der Waals surface area contributed by atoms with Crippen LogP contribution in [0.25, 0.3) is 0 Å². The predicted molar refractivity (Wildman–Crippen MR) is 98.0 cm³/mol. The van der Waals surface area contributed by atoms with Crippen LogP contribution in [-0.2, 0) is 11.3 Å². The Morgan fingerprint density at radius 2 is 1.92 bits per heavy atom. The molecule has 0 heterocycles. The Balaban J connectivity index is 1.98. The Bertz CT molecular complexity index is 826. The molecule has 0 bridgehead atoms. The van der Waals surface area contributed by atoms with Gasteiger partial charge in [-0.1, -0.05) is 35.9 Å². The van der Waals surface area contributed by atoms with Gasteiger partial charge < -0.3 is 10.2 Å². The van der Waals surface area contributed by atoms with Gasteiger partial charge >= 0.3 is 0 Å². The Kier molecular flexibility index (Phi) is 6.68. The van der Waals surface area contributed by atoms with Gasteiger partial charge in [0, 0.05) is 35.8 Å². The number of halogens is 1. The molecule has 0 atom stereocenters. The van der Waals surface area contributed by atoms with E-state index < -0.39 is 10.8 Å². The molecule has 0 aliphatic rings. The zero-order chi connectivity index (χ0) is 19.1. The van der Waals surface area contributed by atoms with Gasteiger partial charge in [-0.2, -0.15) is 0 Å². The third-order valence-electron chi connectivity index (χ3n) is 3.77. The zero-order valence-electron chi connectivity index (χ0n) is 14.1. The predicted octanol–water partition coefficient (Wildman–Crippen LogP) is 3.03. The van der Waals surface area contributed by atoms with Crippen molar-refractivity contribution in [2.24, 2.45) is 0 Å². The molecule has 0 aromatic heterocycles. The number of non-ortho nitro benzene ring substituents is 1. The minimum atomic E-state index is -0.579. The second-order valence-corrected chi connectivity index (χ2v) is 5.90. The number of rotatable bonds is 7. The van der Waals surface area contributed by atoms with E-state index in [4.69, 9.17) is 11.6 Å². The Morgan fingerprint density at radius 1 is 1.19 bits per heavy atom. The van der Waals surface area contributed by atoms with Gasteiger partial charge in [-0.05, 0) is 24.6 Å². The van der Waals surface area contributed by atoms with E-state index in [9.17, 15) is 19.7 Å². The lowest BCUT2D eigenvalue weighted by Gasteiger charge is -2.21. The lowest BCUT2D eigenvalue weighted by molar-refractivity contribution is -0.384. The first-order valence-corrected chi connectivity index (χ1v) is 8.34. The highest BCUT2D eigenvalue weighted by molar-refractivity contribution is 6.31. The molecule has 2 aromatic rings. The van der Waals surface area contributed by atoms with E-state index in [1.807, 2.05) is 25.1 Å². The molecule has 0 saturated heterocycles. The molecule has 0 saturated carbocycles. The van der Waals surface area contributed by atoms with E-state index in [2.05, 4.69) is 5.32 Å². The summed E-state index contributed by atoms with van der Waals surface area (Å²) >= 11 is 6.12. The maximum Gasteiger partial charge on any atom is 0.270 e. The lowest BCUT2D eigenvalue weighted by Crippen LogP contribution is -2.39. The molecule has 26 heavy (non-hydrogen) atoms. The summed E-state index contributed by atoms with van der Waals surface area (Å²) in [6, 6.07) is 12.6. The summed E-state index contributed by atoms with van der Waals surface area (Å²) in [5.74, 6) is -0.818. The third kappa shape index (κ3) is 5.03. The summed E-state index contributed by atoms with van der Waals surface area (Å²) in [4.78, 5) is 36.2. The zero-order valence-corrected chi connectivity index (χ0v) is 14.9. The second kappa shape index (κ2) is 8.96. The summed E-state index contributed by atoms with van der Waals surface area (Å²) in [5, 5.41) is 13.8. The minimum absolute atomic E-state index is 0.126. The molecular weight excluding hydrogens is 358 g/mol. The second-order valence-electron chi connectivity index (χ2n) is 5.49. The van der Waals surface area contributed by atoms with E-state index in [1.165, 1.54) is 24.3 Å². The topological polar surface area (TPSA) is 92.6 Å². The maximum atomic E-state index is 12.4. The van der Waals surface area contributed by atoms with Crippen molar-refractivity contribution < 1.29 is 14.5 Å². The first-order chi connectivity index (χ1) is 12.4. The van der Waals surface area contributed by atoms with Crippen molar-refractivity contribution in [1.82, 2.24) is 10.2 Å². The molecule has 0 spiro atoms. The number of hydrogen-bond acceptors (Lipinski definition) is 4. The van der Waals surface area contributed by atoms with Crippen molar-refractivity contribution in [3.05, 3.63) is 74.8 Å². The van der Waals surface area contributed by atoms with Crippen LogP contribution in [0.5, 0.6) is 0 Å². The molecular formula is C18H18ClN3O4. The van der Waals surface area contributed by atoms with Crippen LogP contribution in [-0.4, -0.2) is 34.7 Å². The number of amides is 2. The molecule has 7 nitrogen and oxygen atoms in total. The Morgan fingerprint density at radius 3 is 2.58 bits per heavy atom. The van der Waals surface area contributed by atoms with E-state index in [0.29, 0.717) is 18.1 Å². The van der Waals surface area contributed by atoms with Gasteiger partial charge in [-0.3, -0.25) is 19.7 Å². The quantitative estimate of drug-likeness (QED) is 0.594. The average Bonchev–Trinajstić information content (AvgIpc) is 2.65. The largest absolute Gasteiger partial charge is 0.343 e. The van der Waals surface area contributed by atoms with Crippen LogP contribution in [0.2, 0.25) is 5.02 Å². The van der Waals surface area contributed by atoms with E-state index in [1.54, 1.807) is 11.0 Å². The van der Waals surface area contributed by atoms with Crippen molar-refractivity contribution >= 4 is 29.1 Å². The first-order valence-electron chi connectivity index (χ1n) is 7.96. The highest BCUT2D eigenvalue weighted by Crippen LogP contribution is 2.17. The molecule has 0 aliphatic heterocycles.